The summed E-state index contributed by atoms with van der Waals surface area (Å²) < 4.78 is 13.7. The second kappa shape index (κ2) is 5.90. The standard InChI is InChI=1S/C13H11FN2OS2/c14-11-5-8(12(15)18)1-2-9(11)6-16-13(17)10-3-4-19-7-10/h1-5,7H,6H2,(H2,15,18)(H,16,17). The second-order valence-electron chi connectivity index (χ2n) is 3.87. The Bertz CT molecular complexity index is 611. The van der Waals surface area contributed by atoms with E-state index in [1.165, 1.54) is 17.4 Å². The lowest BCUT2D eigenvalue weighted by atomic mass is 10.1. The molecule has 1 aromatic heterocycles. The molecule has 1 aromatic carbocycles. The van der Waals surface area contributed by atoms with Crippen LogP contribution in [0.15, 0.2) is 35.0 Å². The number of nitrogens with one attached hydrogen (secondary N) is 1. The van der Waals surface area contributed by atoms with E-state index in [-0.39, 0.29) is 17.4 Å². The molecule has 3 nitrogen and oxygen atoms in total. The Balaban J connectivity index is 2.04. The Morgan fingerprint density at radius 3 is 2.74 bits per heavy atom. The van der Waals surface area contributed by atoms with Gasteiger partial charge in [0.2, 0.25) is 0 Å². The number of hydrogen-bond acceptors (Lipinski definition) is 3. The molecule has 1 heterocycles. The third kappa shape index (κ3) is 3.36. The molecular weight excluding hydrogens is 283 g/mol. The molecule has 2 rings (SSSR count). The average molecular weight is 294 g/mol. The summed E-state index contributed by atoms with van der Waals surface area (Å²) in [5.41, 5.74) is 6.85. The molecule has 0 saturated carbocycles. The summed E-state index contributed by atoms with van der Waals surface area (Å²) in [6.07, 6.45) is 0. The Labute approximate surface area is 119 Å². The van der Waals surface area contributed by atoms with Crippen LogP contribution in [0.3, 0.4) is 0 Å². The fourth-order valence-electron chi connectivity index (χ4n) is 1.52. The number of thiocarbonyl (C=S) groups is 1. The molecular formula is C13H11FN2OS2. The largest absolute Gasteiger partial charge is 0.389 e. The van der Waals surface area contributed by atoms with Crippen molar-refractivity contribution in [1.29, 1.82) is 0 Å². The molecule has 0 aliphatic carbocycles. The van der Waals surface area contributed by atoms with E-state index in [1.54, 1.807) is 23.6 Å². The fourth-order valence-corrected chi connectivity index (χ4v) is 2.28. The lowest BCUT2D eigenvalue weighted by molar-refractivity contribution is 0.0951. The predicted octanol–water partition coefficient (Wildman–Crippen LogP) is 2.45. The second-order valence-corrected chi connectivity index (χ2v) is 5.09. The number of benzene rings is 1. The van der Waals surface area contributed by atoms with E-state index in [0.717, 1.165) is 0 Å². The molecule has 0 spiro atoms. The van der Waals surface area contributed by atoms with Gasteiger partial charge in [0.25, 0.3) is 5.91 Å². The van der Waals surface area contributed by atoms with Gasteiger partial charge in [0.15, 0.2) is 0 Å². The van der Waals surface area contributed by atoms with E-state index < -0.39 is 5.82 Å². The van der Waals surface area contributed by atoms with Crippen molar-refractivity contribution < 1.29 is 9.18 Å². The van der Waals surface area contributed by atoms with Gasteiger partial charge in [0.05, 0.1) is 0 Å². The lowest BCUT2D eigenvalue weighted by Crippen LogP contribution is -2.23. The average Bonchev–Trinajstić information content (AvgIpc) is 2.90. The minimum atomic E-state index is -0.434. The van der Waals surface area contributed by atoms with Gasteiger partial charge in [-0.05, 0) is 17.5 Å². The van der Waals surface area contributed by atoms with Gasteiger partial charge in [0, 0.05) is 28.6 Å². The Kier molecular flexibility index (Phi) is 4.24. The molecule has 3 N–H and O–H groups in total. The highest BCUT2D eigenvalue weighted by atomic mass is 32.1. The number of amides is 1. The maximum atomic E-state index is 13.7. The first-order valence-electron chi connectivity index (χ1n) is 5.46. The van der Waals surface area contributed by atoms with Crippen LogP contribution in [-0.2, 0) is 6.54 Å². The zero-order valence-corrected chi connectivity index (χ0v) is 11.5. The summed E-state index contributed by atoms with van der Waals surface area (Å²) in [6, 6.07) is 6.19. The zero-order chi connectivity index (χ0) is 13.8. The van der Waals surface area contributed by atoms with Gasteiger partial charge >= 0.3 is 0 Å². The molecule has 0 unspecified atom stereocenters. The fraction of sp³-hybridized carbons (Fsp3) is 0.0769. The monoisotopic (exact) mass is 294 g/mol. The summed E-state index contributed by atoms with van der Waals surface area (Å²) in [5.74, 6) is -0.657. The summed E-state index contributed by atoms with van der Waals surface area (Å²) in [7, 11) is 0. The van der Waals surface area contributed by atoms with Crippen molar-refractivity contribution in [2.75, 3.05) is 0 Å². The molecule has 2 aromatic rings. The summed E-state index contributed by atoms with van der Waals surface area (Å²) in [6.45, 7) is 0.123. The van der Waals surface area contributed by atoms with Gasteiger partial charge in [-0.2, -0.15) is 11.3 Å². The first-order chi connectivity index (χ1) is 9.08. The molecule has 0 bridgehead atoms. The Morgan fingerprint density at radius 1 is 1.37 bits per heavy atom. The number of nitrogens with two attached hydrogens (primary N) is 1. The number of carbonyl (C=O) groups is 1. The molecule has 0 aliphatic rings. The van der Waals surface area contributed by atoms with Crippen molar-refractivity contribution in [3.63, 3.8) is 0 Å². The normalized spacial score (nSPS) is 10.2. The quantitative estimate of drug-likeness (QED) is 0.852. The molecule has 0 radical (unpaired) electrons. The summed E-state index contributed by atoms with van der Waals surface area (Å²) in [5, 5.41) is 6.20. The minimum Gasteiger partial charge on any atom is -0.389 e. The third-order valence-corrected chi connectivity index (χ3v) is 3.48. The van der Waals surface area contributed by atoms with Crippen molar-refractivity contribution in [1.82, 2.24) is 5.32 Å². The molecule has 6 heteroatoms. The molecule has 1 amide bonds. The van der Waals surface area contributed by atoms with Gasteiger partial charge in [0.1, 0.15) is 10.8 Å². The van der Waals surface area contributed by atoms with E-state index >= 15 is 0 Å². The summed E-state index contributed by atoms with van der Waals surface area (Å²) in [4.78, 5) is 11.8. The molecule has 98 valence electrons. The van der Waals surface area contributed by atoms with E-state index in [4.69, 9.17) is 18.0 Å². The van der Waals surface area contributed by atoms with Crippen molar-refractivity contribution in [3.8, 4) is 0 Å². The molecule has 0 aliphatic heterocycles. The van der Waals surface area contributed by atoms with Crippen LogP contribution in [0.1, 0.15) is 21.5 Å². The van der Waals surface area contributed by atoms with Crippen LogP contribution in [0.25, 0.3) is 0 Å². The molecule has 0 fully saturated rings. The zero-order valence-electron chi connectivity index (χ0n) is 9.85. The maximum Gasteiger partial charge on any atom is 0.252 e. The Morgan fingerprint density at radius 2 is 2.16 bits per heavy atom. The highest BCUT2D eigenvalue weighted by Crippen LogP contribution is 2.11. The van der Waals surface area contributed by atoms with Gasteiger partial charge in [-0.25, -0.2) is 4.39 Å². The number of thiophene rings is 1. The van der Waals surface area contributed by atoms with Crippen LogP contribution in [0, 0.1) is 5.82 Å². The smallest absolute Gasteiger partial charge is 0.252 e. The molecule has 0 saturated heterocycles. The number of hydrogen-bond donors (Lipinski definition) is 2. The van der Waals surface area contributed by atoms with Crippen LogP contribution in [-0.4, -0.2) is 10.9 Å². The van der Waals surface area contributed by atoms with Crippen LogP contribution in [0.4, 0.5) is 4.39 Å². The first-order valence-corrected chi connectivity index (χ1v) is 6.81. The van der Waals surface area contributed by atoms with Crippen LogP contribution in [0.2, 0.25) is 0 Å². The van der Waals surface area contributed by atoms with Crippen molar-refractivity contribution in [2.45, 2.75) is 6.54 Å². The number of carbonyl (C=O) groups excluding carboxylic acids is 1. The van der Waals surface area contributed by atoms with Gasteiger partial charge in [-0.1, -0.05) is 24.4 Å². The predicted molar refractivity (Wildman–Crippen MR) is 77.8 cm³/mol. The summed E-state index contributed by atoms with van der Waals surface area (Å²) >= 11 is 6.20. The van der Waals surface area contributed by atoms with Crippen molar-refractivity contribution >= 4 is 34.5 Å². The topological polar surface area (TPSA) is 55.1 Å². The minimum absolute atomic E-state index is 0.123. The van der Waals surface area contributed by atoms with Gasteiger partial charge in [-0.3, -0.25) is 4.79 Å². The molecule has 0 atom stereocenters. The van der Waals surface area contributed by atoms with E-state index in [2.05, 4.69) is 5.32 Å². The lowest BCUT2D eigenvalue weighted by Gasteiger charge is -2.07. The third-order valence-electron chi connectivity index (χ3n) is 2.56. The van der Waals surface area contributed by atoms with E-state index in [9.17, 15) is 9.18 Å². The SMILES string of the molecule is NC(=S)c1ccc(CNC(=O)c2ccsc2)c(F)c1. The number of halogens is 1. The van der Waals surface area contributed by atoms with Crippen LogP contribution < -0.4 is 11.1 Å². The van der Waals surface area contributed by atoms with E-state index in [0.29, 0.717) is 16.7 Å². The van der Waals surface area contributed by atoms with Gasteiger partial charge in [-0.15, -0.1) is 0 Å². The Hall–Kier alpha value is -1.79. The van der Waals surface area contributed by atoms with Crippen LogP contribution >= 0.6 is 23.6 Å². The first kappa shape index (κ1) is 13.6. The maximum absolute atomic E-state index is 13.7. The van der Waals surface area contributed by atoms with Gasteiger partial charge < -0.3 is 11.1 Å². The van der Waals surface area contributed by atoms with Crippen molar-refractivity contribution in [3.05, 3.63) is 57.5 Å². The van der Waals surface area contributed by atoms with E-state index in [1.807, 2.05) is 5.38 Å². The highest BCUT2D eigenvalue weighted by molar-refractivity contribution is 7.80. The van der Waals surface area contributed by atoms with Crippen LogP contribution in [0.5, 0.6) is 0 Å². The molecule has 19 heavy (non-hydrogen) atoms. The number of rotatable bonds is 4. The van der Waals surface area contributed by atoms with Crippen molar-refractivity contribution in [2.24, 2.45) is 5.73 Å². The highest BCUT2D eigenvalue weighted by Gasteiger charge is 2.08.